The lowest BCUT2D eigenvalue weighted by Gasteiger charge is -2.16. The number of benzene rings is 3. The van der Waals surface area contributed by atoms with E-state index >= 15 is 0 Å². The third kappa shape index (κ3) is 5.48. The minimum atomic E-state index is -0.765. The molecule has 208 valence electrons. The standard InChI is InChI=1S/C30H25N3O7S/c1-3-32-27(36)20-8-4-6-10-22(20)31-30(32)41-25-16-26(35)33(28(25)37)19-14-12-18(13-15-19)29(38)40-17-23(34)21-9-5-7-11-24(21)39-2/h4-15,25H,3,16-17H2,1-2H3. The zero-order valence-electron chi connectivity index (χ0n) is 22.2. The van der Waals surface area contributed by atoms with Crippen molar-refractivity contribution in [1.82, 2.24) is 9.55 Å². The third-order valence-electron chi connectivity index (χ3n) is 6.60. The summed E-state index contributed by atoms with van der Waals surface area (Å²) < 4.78 is 11.8. The number of nitrogens with zero attached hydrogens (tertiary/aromatic N) is 3. The quantitative estimate of drug-likeness (QED) is 0.127. The molecule has 2 heterocycles. The summed E-state index contributed by atoms with van der Waals surface area (Å²) >= 11 is 1.08. The molecular weight excluding hydrogens is 546 g/mol. The number of hydrogen-bond donors (Lipinski definition) is 0. The minimum Gasteiger partial charge on any atom is -0.496 e. The molecule has 11 heteroatoms. The van der Waals surface area contributed by atoms with E-state index in [9.17, 15) is 24.0 Å². The van der Waals surface area contributed by atoms with Crippen LogP contribution >= 0.6 is 11.8 Å². The van der Waals surface area contributed by atoms with Crippen LogP contribution in [0.25, 0.3) is 10.9 Å². The molecule has 1 fully saturated rings. The van der Waals surface area contributed by atoms with Gasteiger partial charge >= 0.3 is 5.97 Å². The summed E-state index contributed by atoms with van der Waals surface area (Å²) in [7, 11) is 1.44. The minimum absolute atomic E-state index is 0.0647. The molecule has 41 heavy (non-hydrogen) atoms. The Bertz CT molecular complexity index is 1730. The highest BCUT2D eigenvalue weighted by molar-refractivity contribution is 8.00. The molecule has 1 aromatic heterocycles. The maximum absolute atomic E-state index is 13.3. The summed E-state index contributed by atoms with van der Waals surface area (Å²) in [4.78, 5) is 69.8. The molecule has 1 aliphatic heterocycles. The van der Waals surface area contributed by atoms with Gasteiger partial charge in [0.25, 0.3) is 5.56 Å². The smallest absolute Gasteiger partial charge is 0.338 e. The lowest BCUT2D eigenvalue weighted by molar-refractivity contribution is -0.121. The van der Waals surface area contributed by atoms with Crippen molar-refractivity contribution in [3.05, 3.63) is 94.3 Å². The molecule has 0 radical (unpaired) electrons. The maximum atomic E-state index is 13.3. The first-order valence-corrected chi connectivity index (χ1v) is 13.7. The van der Waals surface area contributed by atoms with Gasteiger partial charge in [0.15, 0.2) is 11.8 Å². The average molecular weight is 572 g/mol. The zero-order chi connectivity index (χ0) is 29.1. The third-order valence-corrected chi connectivity index (χ3v) is 7.77. The fourth-order valence-corrected chi connectivity index (χ4v) is 5.70. The lowest BCUT2D eigenvalue weighted by atomic mass is 10.1. The Labute approximate surface area is 238 Å². The van der Waals surface area contributed by atoms with Crippen LogP contribution in [0.4, 0.5) is 5.69 Å². The molecule has 1 atom stereocenters. The summed E-state index contributed by atoms with van der Waals surface area (Å²) in [6.07, 6.45) is -0.0647. The van der Waals surface area contributed by atoms with Crippen molar-refractivity contribution in [2.45, 2.75) is 30.3 Å². The number of fused-ring (bicyclic) bond motifs is 1. The number of methoxy groups -OCH3 is 1. The van der Waals surface area contributed by atoms with Gasteiger partial charge < -0.3 is 9.47 Å². The Balaban J connectivity index is 1.27. The van der Waals surface area contributed by atoms with Crippen molar-refractivity contribution >= 4 is 51.9 Å². The second-order valence-electron chi connectivity index (χ2n) is 9.09. The average Bonchev–Trinajstić information content (AvgIpc) is 3.27. The number of thioether (sulfide) groups is 1. The fourth-order valence-electron chi connectivity index (χ4n) is 4.52. The number of Topliss-reactive ketones (excluding diaryl/α,β-unsaturated/α-hetero) is 1. The maximum Gasteiger partial charge on any atom is 0.338 e. The number of carbonyl (C=O) groups excluding carboxylic acids is 4. The van der Waals surface area contributed by atoms with Gasteiger partial charge in [-0.2, -0.15) is 0 Å². The van der Waals surface area contributed by atoms with Gasteiger partial charge in [-0.15, -0.1) is 0 Å². The van der Waals surface area contributed by atoms with Crippen molar-refractivity contribution in [3.63, 3.8) is 0 Å². The van der Waals surface area contributed by atoms with E-state index in [0.717, 1.165) is 16.7 Å². The molecule has 0 saturated carbocycles. The van der Waals surface area contributed by atoms with Crippen molar-refractivity contribution in [2.24, 2.45) is 0 Å². The predicted molar refractivity (Wildman–Crippen MR) is 152 cm³/mol. The molecule has 4 aromatic rings. The van der Waals surface area contributed by atoms with Crippen LogP contribution in [-0.4, -0.2) is 52.1 Å². The normalized spacial score (nSPS) is 14.9. The second-order valence-corrected chi connectivity index (χ2v) is 10.3. The predicted octanol–water partition coefficient (Wildman–Crippen LogP) is 3.89. The summed E-state index contributed by atoms with van der Waals surface area (Å²) in [6.45, 7) is 1.70. The number of para-hydroxylation sites is 2. The molecule has 0 spiro atoms. The van der Waals surface area contributed by atoms with E-state index in [0.29, 0.717) is 39.6 Å². The van der Waals surface area contributed by atoms with Crippen LogP contribution in [0.15, 0.2) is 82.7 Å². The molecule has 10 nitrogen and oxygen atoms in total. The van der Waals surface area contributed by atoms with Gasteiger partial charge in [0, 0.05) is 13.0 Å². The van der Waals surface area contributed by atoms with Crippen LogP contribution in [0.2, 0.25) is 0 Å². The topological polar surface area (TPSA) is 125 Å². The molecule has 3 aromatic carbocycles. The number of ether oxygens (including phenoxy) is 2. The SMILES string of the molecule is CCn1c(SC2CC(=O)N(c3ccc(C(=O)OCC(=O)c4ccccc4OC)cc3)C2=O)nc2ccccc2c1=O. The van der Waals surface area contributed by atoms with E-state index in [-0.39, 0.29) is 17.5 Å². The highest BCUT2D eigenvalue weighted by Crippen LogP contribution is 2.33. The number of aromatic nitrogens is 2. The number of anilines is 1. The lowest BCUT2D eigenvalue weighted by Crippen LogP contribution is -2.31. The van der Waals surface area contributed by atoms with Gasteiger partial charge in [-0.1, -0.05) is 36.0 Å². The van der Waals surface area contributed by atoms with E-state index in [1.807, 2.05) is 6.92 Å². The second kappa shape index (κ2) is 11.8. The van der Waals surface area contributed by atoms with Crippen molar-refractivity contribution in [3.8, 4) is 5.75 Å². The van der Waals surface area contributed by atoms with Gasteiger partial charge in [0.1, 0.15) is 11.0 Å². The van der Waals surface area contributed by atoms with Crippen molar-refractivity contribution in [1.29, 1.82) is 0 Å². The van der Waals surface area contributed by atoms with Gasteiger partial charge in [0.05, 0.1) is 34.8 Å². The molecule has 1 unspecified atom stereocenters. The zero-order valence-corrected chi connectivity index (χ0v) is 23.1. The molecule has 0 N–H and O–H groups in total. The van der Waals surface area contributed by atoms with Crippen molar-refractivity contribution in [2.75, 3.05) is 18.6 Å². The largest absolute Gasteiger partial charge is 0.496 e. The van der Waals surface area contributed by atoms with E-state index in [2.05, 4.69) is 4.98 Å². The van der Waals surface area contributed by atoms with Crippen LogP contribution < -0.4 is 15.2 Å². The summed E-state index contributed by atoms with van der Waals surface area (Å²) in [5.74, 6) is -1.62. The number of carbonyl (C=O) groups is 4. The molecule has 0 bridgehead atoms. The number of amides is 2. The summed E-state index contributed by atoms with van der Waals surface area (Å²) in [6, 6.07) is 19.4. The monoisotopic (exact) mass is 571 g/mol. The molecule has 1 saturated heterocycles. The van der Waals surface area contributed by atoms with Crippen LogP contribution in [0, 0.1) is 0 Å². The Morgan fingerprint density at radius 2 is 1.68 bits per heavy atom. The van der Waals surface area contributed by atoms with Crippen LogP contribution in [-0.2, 0) is 20.9 Å². The number of esters is 1. The summed E-state index contributed by atoms with van der Waals surface area (Å²) in [5.41, 5.74) is 1.06. The van der Waals surface area contributed by atoms with E-state index in [1.54, 1.807) is 48.5 Å². The van der Waals surface area contributed by atoms with Gasteiger partial charge in [-0.25, -0.2) is 14.7 Å². The Hall–Kier alpha value is -4.77. The number of ketones is 1. The van der Waals surface area contributed by atoms with Crippen molar-refractivity contribution < 1.29 is 28.7 Å². The van der Waals surface area contributed by atoms with Crippen LogP contribution in [0.5, 0.6) is 5.75 Å². The molecular formula is C30H25N3O7S. The van der Waals surface area contributed by atoms with Crippen LogP contribution in [0.3, 0.4) is 0 Å². The number of imide groups is 1. The molecule has 0 aliphatic carbocycles. The highest BCUT2D eigenvalue weighted by atomic mass is 32.2. The Morgan fingerprint density at radius 1 is 0.976 bits per heavy atom. The molecule has 2 amide bonds. The fraction of sp³-hybridized carbons (Fsp3) is 0.200. The number of hydrogen-bond acceptors (Lipinski definition) is 9. The van der Waals surface area contributed by atoms with E-state index in [1.165, 1.54) is 35.9 Å². The first-order chi connectivity index (χ1) is 19.8. The molecule has 5 rings (SSSR count). The first-order valence-electron chi connectivity index (χ1n) is 12.8. The Kier molecular flexibility index (Phi) is 7.97. The number of rotatable bonds is 9. The van der Waals surface area contributed by atoms with Gasteiger partial charge in [-0.3, -0.25) is 23.7 Å². The van der Waals surface area contributed by atoms with Crippen LogP contribution in [0.1, 0.15) is 34.1 Å². The highest BCUT2D eigenvalue weighted by Gasteiger charge is 2.41. The Morgan fingerprint density at radius 3 is 2.41 bits per heavy atom. The van der Waals surface area contributed by atoms with E-state index < -0.39 is 35.4 Å². The summed E-state index contributed by atoms with van der Waals surface area (Å²) in [5, 5.41) is 0.0842. The van der Waals surface area contributed by atoms with Gasteiger partial charge in [-0.05, 0) is 55.5 Å². The van der Waals surface area contributed by atoms with E-state index in [4.69, 9.17) is 9.47 Å². The van der Waals surface area contributed by atoms with Gasteiger partial charge in [0.2, 0.25) is 17.6 Å². The molecule has 1 aliphatic rings. The first kappa shape index (κ1) is 27.8.